The predicted molar refractivity (Wildman–Crippen MR) is 118 cm³/mol. The molecule has 0 aliphatic heterocycles. The summed E-state index contributed by atoms with van der Waals surface area (Å²) in [4.78, 5) is 0. The summed E-state index contributed by atoms with van der Waals surface area (Å²) in [5.41, 5.74) is 2.61. The van der Waals surface area contributed by atoms with Gasteiger partial charge in [0.1, 0.15) is 23.5 Å². The predicted octanol–water partition coefficient (Wildman–Crippen LogP) is 5.04. The van der Waals surface area contributed by atoms with Gasteiger partial charge in [0.25, 0.3) is 0 Å². The molecule has 1 N–H and O–H groups in total. The molecule has 0 aliphatic rings. The van der Waals surface area contributed by atoms with Gasteiger partial charge in [0.15, 0.2) is 22.9 Å². The van der Waals surface area contributed by atoms with Crippen LogP contribution >= 0.6 is 0 Å². The topological polar surface area (TPSA) is 75.0 Å². The van der Waals surface area contributed by atoms with E-state index in [1.54, 1.807) is 21.3 Å². The zero-order valence-corrected chi connectivity index (χ0v) is 17.7. The van der Waals surface area contributed by atoms with Crippen molar-refractivity contribution in [3.8, 4) is 23.0 Å². The van der Waals surface area contributed by atoms with E-state index in [1.165, 1.54) is 0 Å². The minimum Gasteiger partial charge on any atom is -0.496 e. The van der Waals surface area contributed by atoms with Crippen molar-refractivity contribution in [2.45, 2.75) is 13.2 Å². The van der Waals surface area contributed by atoms with Crippen LogP contribution in [0.5, 0.6) is 23.0 Å². The van der Waals surface area contributed by atoms with Crippen molar-refractivity contribution in [2.75, 3.05) is 26.6 Å². The Kier molecular flexibility index (Phi) is 6.12. The molecule has 0 aliphatic carbocycles. The Morgan fingerprint density at radius 1 is 0.806 bits per heavy atom. The van der Waals surface area contributed by atoms with E-state index < -0.39 is 0 Å². The fraction of sp³-hybridized carbons (Fsp3) is 0.208. The van der Waals surface area contributed by atoms with Crippen molar-refractivity contribution >= 4 is 16.8 Å². The Morgan fingerprint density at radius 3 is 2.29 bits per heavy atom. The van der Waals surface area contributed by atoms with Gasteiger partial charge in [-0.25, -0.2) is 0 Å². The number of hydrogen-bond donors (Lipinski definition) is 1. The van der Waals surface area contributed by atoms with E-state index in [2.05, 4.69) is 10.5 Å². The van der Waals surface area contributed by atoms with E-state index in [0.29, 0.717) is 47.6 Å². The first-order chi connectivity index (χ1) is 15.2. The van der Waals surface area contributed by atoms with E-state index in [4.69, 9.17) is 23.5 Å². The Labute approximate surface area is 180 Å². The lowest BCUT2D eigenvalue weighted by molar-refractivity contribution is 0.297. The molecule has 4 rings (SSSR count). The van der Waals surface area contributed by atoms with Crippen LogP contribution in [-0.4, -0.2) is 26.5 Å². The van der Waals surface area contributed by atoms with Gasteiger partial charge >= 0.3 is 0 Å². The van der Waals surface area contributed by atoms with Gasteiger partial charge in [-0.3, -0.25) is 0 Å². The second-order valence-electron chi connectivity index (χ2n) is 6.81. The van der Waals surface area contributed by atoms with Crippen LogP contribution in [0.2, 0.25) is 0 Å². The van der Waals surface area contributed by atoms with Gasteiger partial charge in [0.05, 0.1) is 21.3 Å². The fourth-order valence-electron chi connectivity index (χ4n) is 3.34. The fourth-order valence-corrected chi connectivity index (χ4v) is 3.34. The highest BCUT2D eigenvalue weighted by Gasteiger charge is 2.16. The third-order valence-electron chi connectivity index (χ3n) is 4.93. The van der Waals surface area contributed by atoms with Gasteiger partial charge in [0.2, 0.25) is 0 Å². The number of ether oxygens (including phenoxy) is 4. The van der Waals surface area contributed by atoms with Crippen molar-refractivity contribution in [3.05, 3.63) is 71.8 Å². The zero-order valence-electron chi connectivity index (χ0n) is 17.7. The summed E-state index contributed by atoms with van der Waals surface area (Å²) in [6, 6.07) is 19.3. The van der Waals surface area contributed by atoms with Crippen LogP contribution in [0.25, 0.3) is 11.0 Å². The molecular formula is C24H24N2O5. The summed E-state index contributed by atoms with van der Waals surface area (Å²) in [6.45, 7) is 0.869. The van der Waals surface area contributed by atoms with Crippen molar-refractivity contribution in [3.63, 3.8) is 0 Å². The number of methoxy groups -OCH3 is 3. The Balaban J connectivity index is 1.62. The van der Waals surface area contributed by atoms with E-state index in [-0.39, 0.29) is 0 Å². The largest absolute Gasteiger partial charge is 0.496 e. The number of nitrogens with zero attached hydrogens (tertiary/aromatic N) is 1. The maximum absolute atomic E-state index is 6.12. The quantitative estimate of drug-likeness (QED) is 0.406. The molecule has 0 fully saturated rings. The molecule has 31 heavy (non-hydrogen) atoms. The van der Waals surface area contributed by atoms with Gasteiger partial charge in [-0.1, -0.05) is 41.6 Å². The van der Waals surface area contributed by atoms with Crippen molar-refractivity contribution in [1.82, 2.24) is 5.16 Å². The van der Waals surface area contributed by atoms with Gasteiger partial charge in [0, 0.05) is 18.2 Å². The lowest BCUT2D eigenvalue weighted by Crippen LogP contribution is -2.06. The van der Waals surface area contributed by atoms with E-state index >= 15 is 0 Å². The highest BCUT2D eigenvalue weighted by molar-refractivity contribution is 5.93. The van der Waals surface area contributed by atoms with Crippen molar-refractivity contribution in [1.29, 1.82) is 0 Å². The summed E-state index contributed by atoms with van der Waals surface area (Å²) >= 11 is 0. The number of rotatable bonds is 9. The van der Waals surface area contributed by atoms with E-state index in [0.717, 1.165) is 16.5 Å². The van der Waals surface area contributed by atoms with Crippen LogP contribution in [0.3, 0.4) is 0 Å². The van der Waals surface area contributed by atoms with Crippen molar-refractivity contribution in [2.24, 2.45) is 0 Å². The molecule has 160 valence electrons. The van der Waals surface area contributed by atoms with Gasteiger partial charge < -0.3 is 28.8 Å². The van der Waals surface area contributed by atoms with Crippen LogP contribution in [-0.2, 0) is 13.2 Å². The molecule has 7 nitrogen and oxygen atoms in total. The summed E-state index contributed by atoms with van der Waals surface area (Å²) in [6.07, 6.45) is 0. The van der Waals surface area contributed by atoms with Crippen LogP contribution in [0.1, 0.15) is 11.1 Å². The standard InChI is InChI=1S/C24H24N2O5/c1-27-18-10-7-11-19-23(18)24(26-31-19)25-14-17-12-21(28-2)22(29-3)13-20(17)30-15-16-8-5-4-6-9-16/h4-13H,14-15H2,1-3H3,(H,25,26). The second kappa shape index (κ2) is 9.30. The third-order valence-corrected chi connectivity index (χ3v) is 4.93. The summed E-state index contributed by atoms with van der Waals surface area (Å²) in [5, 5.41) is 8.27. The summed E-state index contributed by atoms with van der Waals surface area (Å²) in [5.74, 6) is 3.19. The molecular weight excluding hydrogens is 396 g/mol. The molecule has 0 saturated heterocycles. The van der Waals surface area contributed by atoms with Gasteiger partial charge in [-0.05, 0) is 23.8 Å². The minimum absolute atomic E-state index is 0.435. The summed E-state index contributed by atoms with van der Waals surface area (Å²) < 4.78 is 27.9. The molecule has 4 aromatic rings. The average molecular weight is 420 g/mol. The maximum atomic E-state index is 6.12. The molecule has 1 aromatic heterocycles. The molecule has 0 saturated carbocycles. The normalized spacial score (nSPS) is 10.7. The molecule has 0 atom stereocenters. The first-order valence-corrected chi connectivity index (χ1v) is 9.81. The molecule has 0 unspecified atom stereocenters. The maximum Gasteiger partial charge on any atom is 0.181 e. The molecule has 7 heteroatoms. The number of nitrogens with one attached hydrogen (secondary N) is 1. The number of aromatic nitrogens is 1. The monoisotopic (exact) mass is 420 g/mol. The summed E-state index contributed by atoms with van der Waals surface area (Å²) in [7, 11) is 4.83. The van der Waals surface area contributed by atoms with Crippen molar-refractivity contribution < 1.29 is 23.5 Å². The van der Waals surface area contributed by atoms with Crippen LogP contribution in [0, 0.1) is 0 Å². The highest BCUT2D eigenvalue weighted by atomic mass is 16.5. The number of anilines is 1. The minimum atomic E-state index is 0.435. The molecule has 0 spiro atoms. The second-order valence-corrected chi connectivity index (χ2v) is 6.81. The lowest BCUT2D eigenvalue weighted by Gasteiger charge is -2.16. The van der Waals surface area contributed by atoms with E-state index in [9.17, 15) is 0 Å². The Bertz CT molecular complexity index is 1160. The molecule has 0 amide bonds. The van der Waals surface area contributed by atoms with Crippen LogP contribution < -0.4 is 24.3 Å². The zero-order chi connectivity index (χ0) is 21.6. The number of hydrogen-bond acceptors (Lipinski definition) is 7. The molecule has 1 heterocycles. The van der Waals surface area contributed by atoms with Crippen LogP contribution in [0.15, 0.2) is 65.2 Å². The highest BCUT2D eigenvalue weighted by Crippen LogP contribution is 2.37. The first-order valence-electron chi connectivity index (χ1n) is 9.81. The molecule has 3 aromatic carbocycles. The average Bonchev–Trinajstić information content (AvgIpc) is 3.25. The first kappa shape index (κ1) is 20.4. The number of fused-ring (bicyclic) bond motifs is 1. The van der Waals surface area contributed by atoms with Gasteiger partial charge in [-0.2, -0.15) is 0 Å². The Morgan fingerprint density at radius 2 is 1.55 bits per heavy atom. The smallest absolute Gasteiger partial charge is 0.181 e. The third kappa shape index (κ3) is 4.35. The molecule has 0 bridgehead atoms. The lowest BCUT2D eigenvalue weighted by atomic mass is 10.1. The molecule has 0 radical (unpaired) electrons. The van der Waals surface area contributed by atoms with Gasteiger partial charge in [-0.15, -0.1) is 0 Å². The SMILES string of the molecule is COc1cc(CNc2noc3cccc(OC)c23)c(OCc2ccccc2)cc1OC. The van der Waals surface area contributed by atoms with E-state index in [1.807, 2.05) is 60.7 Å². The number of benzene rings is 3. The Hall–Kier alpha value is -3.87. The van der Waals surface area contributed by atoms with Crippen LogP contribution in [0.4, 0.5) is 5.82 Å².